The van der Waals surface area contributed by atoms with E-state index in [1.54, 1.807) is 24.3 Å². The smallest absolute Gasteiger partial charge is 0.341 e. The Hall–Kier alpha value is -2.44. The van der Waals surface area contributed by atoms with Gasteiger partial charge in [-0.2, -0.15) is 0 Å². The average Bonchev–Trinajstić information content (AvgIpc) is 2.62. The lowest BCUT2D eigenvalue weighted by Gasteiger charge is -2.13. The third-order valence-electron chi connectivity index (χ3n) is 3.15. The molecule has 25 heavy (non-hydrogen) atoms. The molecular weight excluding hydrogens is 369 g/mol. The molecule has 2 aromatic rings. The van der Waals surface area contributed by atoms with E-state index in [1.807, 2.05) is 0 Å². The average molecular weight is 384 g/mol. The van der Waals surface area contributed by atoms with E-state index in [4.69, 9.17) is 32.7 Å². The summed E-state index contributed by atoms with van der Waals surface area (Å²) >= 11 is 11.9. The van der Waals surface area contributed by atoms with Gasteiger partial charge in [-0.05, 0) is 30.3 Å². The van der Waals surface area contributed by atoms with Gasteiger partial charge in [-0.1, -0.05) is 23.2 Å². The van der Waals surface area contributed by atoms with Crippen LogP contribution in [0.25, 0.3) is 0 Å². The molecule has 0 aliphatic heterocycles. The molecule has 0 aliphatic carbocycles. The molecule has 0 unspecified atom stereocenters. The van der Waals surface area contributed by atoms with Crippen LogP contribution >= 0.6 is 23.2 Å². The van der Waals surface area contributed by atoms with Crippen LogP contribution in [0.3, 0.4) is 0 Å². The molecule has 0 spiro atoms. The summed E-state index contributed by atoms with van der Waals surface area (Å²) in [7, 11) is 2.64. The summed E-state index contributed by atoms with van der Waals surface area (Å²) in [5, 5.41) is 3.34. The van der Waals surface area contributed by atoms with Gasteiger partial charge in [0.1, 0.15) is 17.1 Å². The normalized spacial score (nSPS) is 10.1. The van der Waals surface area contributed by atoms with E-state index in [9.17, 15) is 9.59 Å². The number of amides is 1. The van der Waals surface area contributed by atoms with E-state index < -0.39 is 11.9 Å². The Bertz CT molecular complexity index is 777. The van der Waals surface area contributed by atoms with E-state index in [0.29, 0.717) is 10.8 Å². The number of ether oxygens (including phenoxy) is 3. The number of methoxy groups -OCH3 is 2. The summed E-state index contributed by atoms with van der Waals surface area (Å²) in [6, 6.07) is 9.41. The highest BCUT2D eigenvalue weighted by atomic mass is 35.5. The zero-order chi connectivity index (χ0) is 18.4. The third kappa shape index (κ3) is 5.01. The minimum atomic E-state index is -0.595. The predicted octanol–water partition coefficient (Wildman–Crippen LogP) is 3.81. The topological polar surface area (TPSA) is 73.9 Å². The standard InChI is InChI=1S/C17H15Cl2NO5/c1-23-15-8-14(13(19)7-12(15)17(22)24-2)20-16(21)9-25-11-5-3-10(18)4-6-11/h3-8H,9H2,1-2H3,(H,20,21). The molecule has 6 nitrogen and oxygen atoms in total. The van der Waals surface area contributed by atoms with Gasteiger partial charge in [-0.15, -0.1) is 0 Å². The van der Waals surface area contributed by atoms with Crippen molar-refractivity contribution >= 4 is 40.8 Å². The first-order chi connectivity index (χ1) is 11.9. The lowest BCUT2D eigenvalue weighted by Crippen LogP contribution is -2.20. The summed E-state index contributed by atoms with van der Waals surface area (Å²) in [6.07, 6.45) is 0. The molecule has 0 saturated heterocycles. The number of carbonyl (C=O) groups is 2. The Kier molecular flexibility index (Phi) is 6.50. The minimum Gasteiger partial charge on any atom is -0.496 e. The van der Waals surface area contributed by atoms with Crippen LogP contribution < -0.4 is 14.8 Å². The molecule has 0 aliphatic rings. The van der Waals surface area contributed by atoms with Gasteiger partial charge in [-0.25, -0.2) is 4.79 Å². The predicted molar refractivity (Wildman–Crippen MR) is 94.9 cm³/mol. The highest BCUT2D eigenvalue weighted by Gasteiger charge is 2.17. The van der Waals surface area contributed by atoms with Crippen molar-refractivity contribution in [3.8, 4) is 11.5 Å². The van der Waals surface area contributed by atoms with Crippen molar-refractivity contribution in [3.63, 3.8) is 0 Å². The van der Waals surface area contributed by atoms with E-state index in [-0.39, 0.29) is 28.6 Å². The molecule has 0 heterocycles. The van der Waals surface area contributed by atoms with Crippen LogP contribution in [0, 0.1) is 0 Å². The number of hydrogen-bond acceptors (Lipinski definition) is 5. The summed E-state index contributed by atoms with van der Waals surface area (Å²) in [5.74, 6) is -0.290. The summed E-state index contributed by atoms with van der Waals surface area (Å²) < 4.78 is 15.1. The summed E-state index contributed by atoms with van der Waals surface area (Å²) in [6.45, 7) is -0.223. The molecule has 0 saturated carbocycles. The fourth-order valence-corrected chi connectivity index (χ4v) is 2.29. The van der Waals surface area contributed by atoms with Crippen LogP contribution in [0.15, 0.2) is 36.4 Å². The van der Waals surface area contributed by atoms with Gasteiger partial charge in [0.25, 0.3) is 5.91 Å². The first-order valence-corrected chi connectivity index (χ1v) is 7.84. The highest BCUT2D eigenvalue weighted by molar-refractivity contribution is 6.34. The molecular formula is C17H15Cl2NO5. The summed E-state index contributed by atoms with van der Waals surface area (Å²) in [4.78, 5) is 23.7. The second kappa shape index (κ2) is 8.60. The first-order valence-electron chi connectivity index (χ1n) is 7.08. The molecule has 0 atom stereocenters. The SMILES string of the molecule is COC(=O)c1cc(Cl)c(NC(=O)COc2ccc(Cl)cc2)cc1OC. The van der Waals surface area contributed by atoms with Crippen LogP contribution in [0.1, 0.15) is 10.4 Å². The number of rotatable bonds is 6. The number of anilines is 1. The van der Waals surface area contributed by atoms with Crippen molar-refractivity contribution in [1.82, 2.24) is 0 Å². The fraction of sp³-hybridized carbons (Fsp3) is 0.176. The maximum absolute atomic E-state index is 12.0. The van der Waals surface area contributed by atoms with Crippen molar-refractivity contribution in [2.75, 3.05) is 26.1 Å². The Morgan fingerprint density at radius 3 is 2.36 bits per heavy atom. The largest absolute Gasteiger partial charge is 0.496 e. The third-order valence-corrected chi connectivity index (χ3v) is 3.72. The molecule has 0 fully saturated rings. The van der Waals surface area contributed by atoms with Gasteiger partial charge in [0.2, 0.25) is 0 Å². The quantitative estimate of drug-likeness (QED) is 0.767. The van der Waals surface area contributed by atoms with Gasteiger partial charge in [0.15, 0.2) is 6.61 Å². The molecule has 0 aromatic heterocycles. The van der Waals surface area contributed by atoms with Crippen molar-refractivity contribution < 1.29 is 23.8 Å². The van der Waals surface area contributed by atoms with Crippen molar-refractivity contribution in [2.24, 2.45) is 0 Å². The van der Waals surface area contributed by atoms with Gasteiger partial charge in [-0.3, -0.25) is 4.79 Å². The zero-order valence-corrected chi connectivity index (χ0v) is 15.0. The maximum Gasteiger partial charge on any atom is 0.341 e. The molecule has 1 N–H and O–H groups in total. The Morgan fingerprint density at radius 2 is 1.76 bits per heavy atom. The lowest BCUT2D eigenvalue weighted by atomic mass is 10.1. The molecule has 8 heteroatoms. The van der Waals surface area contributed by atoms with E-state index in [0.717, 1.165) is 0 Å². The van der Waals surface area contributed by atoms with E-state index >= 15 is 0 Å². The first kappa shape index (κ1) is 18.9. The van der Waals surface area contributed by atoms with E-state index in [1.165, 1.54) is 26.4 Å². The Labute approximate surface area is 154 Å². The monoisotopic (exact) mass is 383 g/mol. The van der Waals surface area contributed by atoms with Crippen LogP contribution in [-0.2, 0) is 9.53 Å². The molecule has 1 amide bonds. The Morgan fingerprint density at radius 1 is 1.08 bits per heavy atom. The molecule has 0 radical (unpaired) electrons. The molecule has 2 aromatic carbocycles. The van der Waals surface area contributed by atoms with Gasteiger partial charge in [0, 0.05) is 11.1 Å². The molecule has 2 rings (SSSR count). The second-order valence-electron chi connectivity index (χ2n) is 4.81. The number of halogens is 2. The van der Waals surface area contributed by atoms with Crippen molar-refractivity contribution in [3.05, 3.63) is 52.0 Å². The highest BCUT2D eigenvalue weighted by Crippen LogP contribution is 2.31. The zero-order valence-electron chi connectivity index (χ0n) is 13.5. The number of nitrogens with one attached hydrogen (secondary N) is 1. The molecule has 0 bridgehead atoms. The molecule has 132 valence electrons. The fourth-order valence-electron chi connectivity index (χ4n) is 1.95. The van der Waals surface area contributed by atoms with Gasteiger partial charge >= 0.3 is 5.97 Å². The second-order valence-corrected chi connectivity index (χ2v) is 5.66. The number of carbonyl (C=O) groups excluding carboxylic acids is 2. The van der Waals surface area contributed by atoms with E-state index in [2.05, 4.69) is 10.1 Å². The lowest BCUT2D eigenvalue weighted by molar-refractivity contribution is -0.118. The van der Waals surface area contributed by atoms with Crippen LogP contribution in [0.2, 0.25) is 10.0 Å². The minimum absolute atomic E-state index is 0.158. The number of benzene rings is 2. The van der Waals surface area contributed by atoms with Gasteiger partial charge < -0.3 is 19.5 Å². The van der Waals surface area contributed by atoms with Crippen LogP contribution in [0.4, 0.5) is 5.69 Å². The van der Waals surface area contributed by atoms with Crippen molar-refractivity contribution in [1.29, 1.82) is 0 Å². The maximum atomic E-state index is 12.0. The summed E-state index contributed by atoms with van der Waals surface area (Å²) in [5.41, 5.74) is 0.446. The number of esters is 1. The Balaban J connectivity index is 2.07. The van der Waals surface area contributed by atoms with Crippen molar-refractivity contribution in [2.45, 2.75) is 0 Å². The van der Waals surface area contributed by atoms with Crippen LogP contribution in [0.5, 0.6) is 11.5 Å². The van der Waals surface area contributed by atoms with Gasteiger partial charge in [0.05, 0.1) is 24.9 Å². The number of hydrogen-bond donors (Lipinski definition) is 1. The van der Waals surface area contributed by atoms with Crippen LogP contribution in [-0.4, -0.2) is 32.7 Å².